The lowest BCUT2D eigenvalue weighted by Crippen LogP contribution is -2.47. The number of amides is 2. The van der Waals surface area contributed by atoms with Gasteiger partial charge in [0.25, 0.3) is 0 Å². The van der Waals surface area contributed by atoms with Crippen molar-refractivity contribution in [1.29, 1.82) is 0 Å². The van der Waals surface area contributed by atoms with E-state index in [9.17, 15) is 14.7 Å². The predicted octanol–water partition coefficient (Wildman–Crippen LogP) is 2.51. The van der Waals surface area contributed by atoms with Crippen molar-refractivity contribution >= 4 is 12.0 Å². The number of carbonyl (C=O) groups excluding carboxylic acids is 1. The molecular weight excluding hydrogens is 256 g/mol. The van der Waals surface area contributed by atoms with Gasteiger partial charge in [0.1, 0.15) is 0 Å². The summed E-state index contributed by atoms with van der Waals surface area (Å²) >= 11 is 0. The van der Waals surface area contributed by atoms with Crippen molar-refractivity contribution in [2.24, 2.45) is 11.3 Å². The number of carboxylic acid groups (broad SMARTS) is 1. The van der Waals surface area contributed by atoms with Crippen LogP contribution in [0.2, 0.25) is 0 Å². The molecule has 2 saturated carbocycles. The number of carboxylic acids is 1. The first kappa shape index (κ1) is 15.1. The monoisotopic (exact) mass is 282 g/mol. The topological polar surface area (TPSA) is 78.4 Å². The molecule has 0 spiro atoms. The molecule has 0 unspecified atom stereocenters. The van der Waals surface area contributed by atoms with Crippen LogP contribution in [-0.4, -0.2) is 30.2 Å². The van der Waals surface area contributed by atoms with E-state index in [1.165, 1.54) is 19.3 Å². The van der Waals surface area contributed by atoms with Crippen LogP contribution in [0.25, 0.3) is 0 Å². The maximum absolute atomic E-state index is 11.8. The summed E-state index contributed by atoms with van der Waals surface area (Å²) in [5.41, 5.74) is -0.760. The average Bonchev–Trinajstić information content (AvgIpc) is 2.61. The quantitative estimate of drug-likeness (QED) is 0.678. The predicted molar refractivity (Wildman–Crippen MR) is 76.5 cm³/mol. The second-order valence-electron chi connectivity index (χ2n) is 6.36. The van der Waals surface area contributed by atoms with Gasteiger partial charge >= 0.3 is 12.0 Å². The first-order valence-electron chi connectivity index (χ1n) is 7.87. The molecule has 2 rings (SSSR count). The molecule has 0 aromatic heterocycles. The van der Waals surface area contributed by atoms with Crippen molar-refractivity contribution < 1.29 is 14.7 Å². The summed E-state index contributed by atoms with van der Waals surface area (Å²) in [4.78, 5) is 23.4. The Balaban J connectivity index is 1.78. The van der Waals surface area contributed by atoms with Gasteiger partial charge < -0.3 is 15.7 Å². The average molecular weight is 282 g/mol. The van der Waals surface area contributed by atoms with Crippen LogP contribution in [0.15, 0.2) is 0 Å². The second-order valence-corrected chi connectivity index (χ2v) is 6.36. The summed E-state index contributed by atoms with van der Waals surface area (Å²) in [6, 6.07) is -0.221. The van der Waals surface area contributed by atoms with Crippen molar-refractivity contribution in [2.45, 2.75) is 57.8 Å². The van der Waals surface area contributed by atoms with E-state index in [-0.39, 0.29) is 12.6 Å². The minimum Gasteiger partial charge on any atom is -0.481 e. The Morgan fingerprint density at radius 2 is 1.65 bits per heavy atom. The molecule has 0 aromatic rings. The van der Waals surface area contributed by atoms with Crippen LogP contribution in [0, 0.1) is 11.3 Å². The molecule has 2 aliphatic carbocycles. The highest BCUT2D eigenvalue weighted by atomic mass is 16.4. The Labute approximate surface area is 120 Å². The van der Waals surface area contributed by atoms with Crippen LogP contribution in [0.3, 0.4) is 0 Å². The smallest absolute Gasteiger partial charge is 0.314 e. The SMILES string of the molecule is O=C(NCC1CCC1)NCC1(C(=O)O)CCCCCC1. The van der Waals surface area contributed by atoms with E-state index in [4.69, 9.17) is 0 Å². The summed E-state index contributed by atoms with van der Waals surface area (Å²) in [7, 11) is 0. The molecule has 0 heterocycles. The molecule has 0 aliphatic heterocycles. The number of carbonyl (C=O) groups is 2. The van der Waals surface area contributed by atoms with Gasteiger partial charge in [0, 0.05) is 13.1 Å². The number of hydrogen-bond donors (Lipinski definition) is 3. The highest BCUT2D eigenvalue weighted by Gasteiger charge is 2.38. The number of nitrogens with one attached hydrogen (secondary N) is 2. The lowest BCUT2D eigenvalue weighted by atomic mass is 9.80. The lowest BCUT2D eigenvalue weighted by molar-refractivity contribution is -0.149. The molecule has 0 bridgehead atoms. The molecule has 2 fully saturated rings. The molecule has 0 aromatic carbocycles. The fourth-order valence-corrected chi connectivity index (χ4v) is 3.12. The van der Waals surface area contributed by atoms with E-state index >= 15 is 0 Å². The van der Waals surface area contributed by atoms with E-state index in [1.807, 2.05) is 0 Å². The van der Waals surface area contributed by atoms with Crippen LogP contribution in [-0.2, 0) is 4.79 Å². The normalized spacial score (nSPS) is 22.4. The fourth-order valence-electron chi connectivity index (χ4n) is 3.12. The van der Waals surface area contributed by atoms with E-state index in [2.05, 4.69) is 10.6 Å². The van der Waals surface area contributed by atoms with Crippen LogP contribution in [0.1, 0.15) is 57.8 Å². The maximum atomic E-state index is 11.8. The summed E-state index contributed by atoms with van der Waals surface area (Å²) in [6.45, 7) is 0.963. The Kier molecular flexibility index (Phi) is 5.26. The van der Waals surface area contributed by atoms with E-state index < -0.39 is 11.4 Å². The molecule has 114 valence electrons. The molecule has 0 saturated heterocycles. The molecule has 2 amide bonds. The molecule has 5 heteroatoms. The van der Waals surface area contributed by atoms with E-state index in [1.54, 1.807) is 0 Å². The number of hydrogen-bond acceptors (Lipinski definition) is 2. The van der Waals surface area contributed by atoms with Crippen LogP contribution in [0.5, 0.6) is 0 Å². The van der Waals surface area contributed by atoms with Gasteiger partial charge in [-0.2, -0.15) is 0 Å². The Morgan fingerprint density at radius 3 is 2.15 bits per heavy atom. The van der Waals surface area contributed by atoms with Crippen LogP contribution in [0.4, 0.5) is 4.79 Å². The summed E-state index contributed by atoms with van der Waals surface area (Å²) in [6.07, 6.45) is 9.08. The molecular formula is C15H26N2O3. The maximum Gasteiger partial charge on any atom is 0.314 e. The summed E-state index contributed by atoms with van der Waals surface area (Å²) < 4.78 is 0. The van der Waals surface area contributed by atoms with Gasteiger partial charge in [0.05, 0.1) is 5.41 Å². The van der Waals surface area contributed by atoms with Crippen molar-refractivity contribution in [1.82, 2.24) is 10.6 Å². The zero-order valence-corrected chi connectivity index (χ0v) is 12.1. The Bertz CT molecular complexity index is 345. The first-order chi connectivity index (χ1) is 9.62. The molecule has 5 nitrogen and oxygen atoms in total. The number of aliphatic carboxylic acids is 1. The minimum absolute atomic E-state index is 0.221. The Hall–Kier alpha value is -1.26. The highest BCUT2D eigenvalue weighted by Crippen LogP contribution is 2.34. The third-order valence-electron chi connectivity index (χ3n) is 4.88. The number of rotatable bonds is 5. The third-order valence-corrected chi connectivity index (χ3v) is 4.88. The largest absolute Gasteiger partial charge is 0.481 e. The first-order valence-corrected chi connectivity index (χ1v) is 7.87. The van der Waals surface area contributed by atoms with Gasteiger partial charge in [-0.05, 0) is 31.6 Å². The molecule has 0 radical (unpaired) electrons. The fraction of sp³-hybridized carbons (Fsp3) is 0.867. The molecule has 0 atom stereocenters. The van der Waals surface area contributed by atoms with E-state index in [0.717, 1.165) is 25.7 Å². The van der Waals surface area contributed by atoms with Gasteiger partial charge in [0.2, 0.25) is 0 Å². The van der Waals surface area contributed by atoms with Crippen molar-refractivity contribution in [3.8, 4) is 0 Å². The molecule has 20 heavy (non-hydrogen) atoms. The van der Waals surface area contributed by atoms with Crippen LogP contribution < -0.4 is 10.6 Å². The van der Waals surface area contributed by atoms with E-state index in [0.29, 0.717) is 25.3 Å². The van der Waals surface area contributed by atoms with Crippen molar-refractivity contribution in [2.75, 3.05) is 13.1 Å². The van der Waals surface area contributed by atoms with Crippen molar-refractivity contribution in [3.63, 3.8) is 0 Å². The summed E-state index contributed by atoms with van der Waals surface area (Å²) in [5, 5.41) is 15.1. The van der Waals surface area contributed by atoms with Crippen LogP contribution >= 0.6 is 0 Å². The second kappa shape index (κ2) is 6.95. The van der Waals surface area contributed by atoms with Gasteiger partial charge in [-0.15, -0.1) is 0 Å². The highest BCUT2D eigenvalue weighted by molar-refractivity contribution is 5.78. The molecule has 2 aliphatic rings. The lowest BCUT2D eigenvalue weighted by Gasteiger charge is -2.29. The van der Waals surface area contributed by atoms with Gasteiger partial charge in [-0.1, -0.05) is 32.1 Å². The van der Waals surface area contributed by atoms with Crippen molar-refractivity contribution in [3.05, 3.63) is 0 Å². The third kappa shape index (κ3) is 3.87. The minimum atomic E-state index is -0.765. The van der Waals surface area contributed by atoms with Gasteiger partial charge in [0.15, 0.2) is 0 Å². The summed E-state index contributed by atoms with van der Waals surface area (Å²) in [5.74, 6) is -0.147. The van der Waals surface area contributed by atoms with Gasteiger partial charge in [-0.25, -0.2) is 4.79 Å². The Morgan fingerprint density at radius 1 is 1.00 bits per heavy atom. The standard InChI is InChI=1S/C15H26N2O3/c18-13(19)15(8-3-1-2-4-9-15)11-17-14(20)16-10-12-6-5-7-12/h12H,1-11H2,(H,18,19)(H2,16,17,20). The van der Waals surface area contributed by atoms with Gasteiger partial charge in [-0.3, -0.25) is 4.79 Å². The zero-order valence-electron chi connectivity index (χ0n) is 12.1. The zero-order chi connectivity index (χ0) is 14.4. The number of urea groups is 1. The molecule has 3 N–H and O–H groups in total.